The van der Waals surface area contributed by atoms with E-state index in [0.717, 1.165) is 49.7 Å². The molecular weight excluding hydrogens is 290 g/mol. The van der Waals surface area contributed by atoms with Crippen LogP contribution in [0.25, 0.3) is 11.0 Å². The van der Waals surface area contributed by atoms with Gasteiger partial charge in [0, 0.05) is 0 Å². The Morgan fingerprint density at radius 2 is 1.43 bits per heavy atom. The SMILES string of the molecule is O=S(=O)(O)CCCCCCCCn1nc2ccccc2n1. The van der Waals surface area contributed by atoms with E-state index in [1.54, 1.807) is 4.80 Å². The summed E-state index contributed by atoms with van der Waals surface area (Å²) >= 11 is 0. The molecule has 0 aliphatic carbocycles. The average molecular weight is 311 g/mol. The number of aromatic nitrogens is 3. The zero-order chi connectivity index (χ0) is 15.1. The third kappa shape index (κ3) is 5.81. The van der Waals surface area contributed by atoms with Crippen LogP contribution in [0.3, 0.4) is 0 Å². The fourth-order valence-electron chi connectivity index (χ4n) is 2.25. The van der Waals surface area contributed by atoms with Gasteiger partial charge in [-0.25, -0.2) is 0 Å². The third-order valence-electron chi connectivity index (χ3n) is 3.34. The van der Waals surface area contributed by atoms with Gasteiger partial charge in [0.1, 0.15) is 11.0 Å². The molecule has 1 aromatic heterocycles. The summed E-state index contributed by atoms with van der Waals surface area (Å²) in [5.41, 5.74) is 1.84. The highest BCUT2D eigenvalue weighted by atomic mass is 32.2. The summed E-state index contributed by atoms with van der Waals surface area (Å²) in [4.78, 5) is 1.74. The van der Waals surface area contributed by atoms with E-state index in [1.807, 2.05) is 24.3 Å². The topological polar surface area (TPSA) is 85.1 Å². The maximum atomic E-state index is 10.5. The molecule has 2 aromatic rings. The van der Waals surface area contributed by atoms with E-state index in [4.69, 9.17) is 4.55 Å². The summed E-state index contributed by atoms with van der Waals surface area (Å²) in [6.45, 7) is 0.805. The van der Waals surface area contributed by atoms with Crippen molar-refractivity contribution >= 4 is 21.2 Å². The van der Waals surface area contributed by atoms with Gasteiger partial charge in [-0.05, 0) is 25.0 Å². The lowest BCUT2D eigenvalue weighted by atomic mass is 10.1. The van der Waals surface area contributed by atoms with Crippen LogP contribution in [0.2, 0.25) is 0 Å². The van der Waals surface area contributed by atoms with E-state index in [1.165, 1.54) is 0 Å². The Morgan fingerprint density at radius 1 is 0.905 bits per heavy atom. The van der Waals surface area contributed by atoms with E-state index < -0.39 is 10.1 Å². The number of benzene rings is 1. The molecule has 116 valence electrons. The smallest absolute Gasteiger partial charge is 0.264 e. The van der Waals surface area contributed by atoms with Gasteiger partial charge >= 0.3 is 0 Å². The van der Waals surface area contributed by atoms with Crippen LogP contribution < -0.4 is 0 Å². The van der Waals surface area contributed by atoms with Crippen LogP contribution in [0.4, 0.5) is 0 Å². The molecule has 6 nitrogen and oxygen atoms in total. The second-order valence-electron chi connectivity index (χ2n) is 5.19. The van der Waals surface area contributed by atoms with Crippen molar-refractivity contribution in [2.24, 2.45) is 0 Å². The van der Waals surface area contributed by atoms with Crippen molar-refractivity contribution in [2.75, 3.05) is 5.75 Å². The molecular formula is C14H21N3O3S. The molecule has 21 heavy (non-hydrogen) atoms. The Kier molecular flexibility index (Phi) is 5.69. The first-order valence-electron chi connectivity index (χ1n) is 7.30. The Hall–Kier alpha value is -1.47. The number of hydrogen-bond acceptors (Lipinski definition) is 4. The van der Waals surface area contributed by atoms with Crippen LogP contribution in [0.15, 0.2) is 24.3 Å². The minimum atomic E-state index is -3.79. The molecule has 0 amide bonds. The molecule has 1 aromatic carbocycles. The molecule has 0 saturated heterocycles. The third-order valence-corrected chi connectivity index (χ3v) is 4.14. The molecule has 0 spiro atoms. The fourth-order valence-corrected chi connectivity index (χ4v) is 2.82. The first-order chi connectivity index (χ1) is 10.0. The fraction of sp³-hybridized carbons (Fsp3) is 0.571. The quantitative estimate of drug-likeness (QED) is 0.568. The molecule has 0 atom stereocenters. The van der Waals surface area contributed by atoms with Gasteiger partial charge in [0.2, 0.25) is 0 Å². The van der Waals surface area contributed by atoms with E-state index >= 15 is 0 Å². The molecule has 0 bridgehead atoms. The van der Waals surface area contributed by atoms with E-state index in [9.17, 15) is 8.42 Å². The van der Waals surface area contributed by atoms with Gasteiger partial charge in [-0.2, -0.15) is 23.4 Å². The molecule has 0 saturated carbocycles. The molecule has 2 rings (SSSR count). The monoisotopic (exact) mass is 311 g/mol. The van der Waals surface area contributed by atoms with Crippen molar-refractivity contribution in [1.82, 2.24) is 15.0 Å². The minimum Gasteiger partial charge on any atom is -0.286 e. The van der Waals surface area contributed by atoms with Gasteiger partial charge in [-0.15, -0.1) is 0 Å². The first kappa shape index (κ1) is 15.9. The number of fused-ring (bicyclic) bond motifs is 1. The van der Waals surface area contributed by atoms with Crippen LogP contribution in [0.5, 0.6) is 0 Å². The summed E-state index contributed by atoms with van der Waals surface area (Å²) in [7, 11) is -3.79. The van der Waals surface area contributed by atoms with Gasteiger partial charge < -0.3 is 0 Å². The number of nitrogens with zero attached hydrogens (tertiary/aromatic N) is 3. The highest BCUT2D eigenvalue weighted by Gasteiger charge is 2.03. The second-order valence-corrected chi connectivity index (χ2v) is 6.76. The van der Waals surface area contributed by atoms with Crippen LogP contribution in [-0.2, 0) is 16.7 Å². The van der Waals surface area contributed by atoms with Crippen molar-refractivity contribution in [2.45, 2.75) is 45.1 Å². The Morgan fingerprint density at radius 3 is 2.00 bits per heavy atom. The number of aryl methyl sites for hydroxylation is 1. The minimum absolute atomic E-state index is 0.128. The average Bonchev–Trinajstić information content (AvgIpc) is 2.83. The van der Waals surface area contributed by atoms with Crippen LogP contribution in [0.1, 0.15) is 38.5 Å². The van der Waals surface area contributed by atoms with Gasteiger partial charge in [-0.1, -0.05) is 37.8 Å². The van der Waals surface area contributed by atoms with Crippen molar-refractivity contribution in [3.05, 3.63) is 24.3 Å². The standard InChI is InChI=1S/C14H21N3O3S/c18-21(19,20)12-8-4-2-1-3-7-11-17-15-13-9-5-6-10-14(13)16-17/h5-6,9-10H,1-4,7-8,11-12H2,(H,18,19,20). The lowest BCUT2D eigenvalue weighted by molar-refractivity contribution is 0.474. The van der Waals surface area contributed by atoms with Crippen molar-refractivity contribution in [3.8, 4) is 0 Å². The van der Waals surface area contributed by atoms with E-state index in [2.05, 4.69) is 10.2 Å². The number of unbranched alkanes of at least 4 members (excludes halogenated alkanes) is 5. The predicted molar refractivity (Wildman–Crippen MR) is 81.6 cm³/mol. The van der Waals surface area contributed by atoms with Crippen LogP contribution in [0, 0.1) is 0 Å². The van der Waals surface area contributed by atoms with E-state index in [0.29, 0.717) is 6.42 Å². The molecule has 1 heterocycles. The summed E-state index contributed by atoms with van der Waals surface area (Å²) in [5.74, 6) is -0.128. The van der Waals surface area contributed by atoms with Gasteiger partial charge in [0.05, 0.1) is 12.3 Å². The van der Waals surface area contributed by atoms with Crippen molar-refractivity contribution in [1.29, 1.82) is 0 Å². The summed E-state index contributed by atoms with van der Waals surface area (Å²) in [5, 5.41) is 8.80. The van der Waals surface area contributed by atoms with Crippen molar-refractivity contribution in [3.63, 3.8) is 0 Å². The zero-order valence-electron chi connectivity index (χ0n) is 12.0. The Bertz CT molecular complexity index is 634. The normalized spacial score (nSPS) is 12.0. The van der Waals surface area contributed by atoms with E-state index in [-0.39, 0.29) is 5.75 Å². The number of rotatable bonds is 9. The maximum absolute atomic E-state index is 10.5. The van der Waals surface area contributed by atoms with Gasteiger partial charge in [0.25, 0.3) is 10.1 Å². The highest BCUT2D eigenvalue weighted by molar-refractivity contribution is 7.85. The number of hydrogen-bond donors (Lipinski definition) is 1. The van der Waals surface area contributed by atoms with Crippen LogP contribution >= 0.6 is 0 Å². The van der Waals surface area contributed by atoms with Gasteiger partial charge in [-0.3, -0.25) is 4.55 Å². The lowest BCUT2D eigenvalue weighted by Crippen LogP contribution is -2.03. The first-order valence-corrected chi connectivity index (χ1v) is 8.90. The molecule has 0 fully saturated rings. The highest BCUT2D eigenvalue weighted by Crippen LogP contribution is 2.10. The van der Waals surface area contributed by atoms with Gasteiger partial charge in [0.15, 0.2) is 0 Å². The molecule has 1 N–H and O–H groups in total. The largest absolute Gasteiger partial charge is 0.286 e. The predicted octanol–water partition coefficient (Wildman–Crippen LogP) is 2.66. The summed E-state index contributed by atoms with van der Waals surface area (Å²) in [6.07, 6.45) is 5.51. The van der Waals surface area contributed by atoms with Crippen LogP contribution in [-0.4, -0.2) is 33.7 Å². The molecule has 7 heteroatoms. The molecule has 0 aliphatic rings. The van der Waals surface area contributed by atoms with Crippen molar-refractivity contribution < 1.29 is 13.0 Å². The Balaban J connectivity index is 1.57. The molecule has 0 unspecified atom stereocenters. The lowest BCUT2D eigenvalue weighted by Gasteiger charge is -2.01. The molecule has 0 aliphatic heterocycles. The Labute approximate surface area is 124 Å². The molecule has 0 radical (unpaired) electrons. The zero-order valence-corrected chi connectivity index (χ0v) is 12.8. The summed E-state index contributed by atoms with van der Waals surface area (Å²) in [6, 6.07) is 7.81. The maximum Gasteiger partial charge on any atom is 0.264 e. The summed E-state index contributed by atoms with van der Waals surface area (Å²) < 4.78 is 29.7. The second kappa shape index (κ2) is 7.51.